The Morgan fingerprint density at radius 1 is 1.07 bits per heavy atom. The molecule has 0 bridgehead atoms. The van der Waals surface area contributed by atoms with Crippen LogP contribution in [0.5, 0.6) is 0 Å². The Kier molecular flexibility index (Phi) is 2.73. The fraction of sp³-hybridized carbons (Fsp3) is 0. The van der Waals surface area contributed by atoms with Gasteiger partial charge in [-0.05, 0) is 36.0 Å². The third-order valence-corrected chi connectivity index (χ3v) is 2.75. The monoisotopic (exact) mass is 218 g/mol. The van der Waals surface area contributed by atoms with Crippen LogP contribution in [0.25, 0.3) is 0 Å². The number of hydrogen-bond acceptors (Lipinski definition) is 5. The maximum absolute atomic E-state index is 5.76. The first kappa shape index (κ1) is 9.79. The van der Waals surface area contributed by atoms with E-state index >= 15 is 0 Å². The first-order valence-electron chi connectivity index (χ1n) is 4.35. The van der Waals surface area contributed by atoms with Crippen LogP contribution < -0.4 is 11.5 Å². The van der Waals surface area contributed by atoms with E-state index in [1.54, 1.807) is 24.5 Å². The number of aromatic nitrogens is 2. The van der Waals surface area contributed by atoms with Crippen LogP contribution in [0, 0.1) is 0 Å². The Bertz CT molecular complexity index is 455. The highest BCUT2D eigenvalue weighted by atomic mass is 32.2. The van der Waals surface area contributed by atoms with Gasteiger partial charge in [0.2, 0.25) is 0 Å². The molecule has 0 amide bonds. The van der Waals surface area contributed by atoms with Crippen LogP contribution in [-0.4, -0.2) is 9.97 Å². The van der Waals surface area contributed by atoms with Gasteiger partial charge in [-0.1, -0.05) is 0 Å². The minimum absolute atomic E-state index is 0.647. The molecule has 0 unspecified atom stereocenters. The van der Waals surface area contributed by atoms with Crippen LogP contribution in [0.2, 0.25) is 0 Å². The zero-order valence-corrected chi connectivity index (χ0v) is 8.74. The number of rotatable bonds is 2. The zero-order valence-electron chi connectivity index (χ0n) is 7.92. The van der Waals surface area contributed by atoms with Gasteiger partial charge in [-0.25, -0.2) is 9.97 Å². The maximum Gasteiger partial charge on any atom is 0.125 e. The highest BCUT2D eigenvalue weighted by Gasteiger charge is 2.02. The molecule has 2 rings (SSSR count). The highest BCUT2D eigenvalue weighted by molar-refractivity contribution is 7.99. The Hall–Kier alpha value is -1.75. The van der Waals surface area contributed by atoms with E-state index < -0.39 is 0 Å². The van der Waals surface area contributed by atoms with Crippen LogP contribution in [0.3, 0.4) is 0 Å². The van der Waals surface area contributed by atoms with Gasteiger partial charge in [-0.15, -0.1) is 0 Å². The third kappa shape index (κ3) is 2.38. The van der Waals surface area contributed by atoms with E-state index in [2.05, 4.69) is 9.97 Å². The average molecular weight is 218 g/mol. The van der Waals surface area contributed by atoms with E-state index in [9.17, 15) is 0 Å². The molecule has 0 spiro atoms. The van der Waals surface area contributed by atoms with Gasteiger partial charge in [0.1, 0.15) is 10.1 Å². The van der Waals surface area contributed by atoms with Crippen molar-refractivity contribution in [2.24, 2.45) is 0 Å². The topological polar surface area (TPSA) is 77.8 Å². The lowest BCUT2D eigenvalue weighted by atomic mass is 10.4. The SMILES string of the molecule is Nc1ccc(Sc2ncccc2N)nc1. The van der Waals surface area contributed by atoms with Crippen molar-refractivity contribution >= 4 is 23.1 Å². The molecule has 5 heteroatoms. The second-order valence-electron chi connectivity index (χ2n) is 2.93. The average Bonchev–Trinajstić information content (AvgIpc) is 2.25. The molecule has 0 atom stereocenters. The van der Waals surface area contributed by atoms with Gasteiger partial charge >= 0.3 is 0 Å². The minimum atomic E-state index is 0.647. The quantitative estimate of drug-likeness (QED) is 0.803. The fourth-order valence-corrected chi connectivity index (χ4v) is 1.78. The third-order valence-electron chi connectivity index (χ3n) is 1.76. The first-order chi connectivity index (χ1) is 7.25. The lowest BCUT2D eigenvalue weighted by Gasteiger charge is -2.02. The Balaban J connectivity index is 2.22. The number of pyridine rings is 2. The molecule has 0 saturated carbocycles. The largest absolute Gasteiger partial charge is 0.397 e. The number of hydrogen-bond donors (Lipinski definition) is 2. The molecule has 4 nitrogen and oxygen atoms in total. The van der Waals surface area contributed by atoms with Crippen LogP contribution in [0.15, 0.2) is 46.7 Å². The second-order valence-corrected chi connectivity index (χ2v) is 3.94. The van der Waals surface area contributed by atoms with Crippen molar-refractivity contribution in [3.05, 3.63) is 36.7 Å². The van der Waals surface area contributed by atoms with Crippen LogP contribution in [0.1, 0.15) is 0 Å². The molecule has 2 aromatic rings. The molecule has 0 aliphatic carbocycles. The molecule has 76 valence electrons. The lowest BCUT2D eigenvalue weighted by Crippen LogP contribution is -1.91. The number of nitrogens with two attached hydrogens (primary N) is 2. The molecule has 2 heterocycles. The zero-order chi connectivity index (χ0) is 10.7. The molecule has 0 aliphatic rings. The predicted molar refractivity (Wildman–Crippen MR) is 61.4 cm³/mol. The fourth-order valence-electron chi connectivity index (χ4n) is 1.04. The molecule has 0 aromatic carbocycles. The predicted octanol–water partition coefficient (Wildman–Crippen LogP) is 1.79. The molecule has 0 saturated heterocycles. The maximum atomic E-state index is 5.76. The smallest absolute Gasteiger partial charge is 0.125 e. The number of nitrogen functional groups attached to an aromatic ring is 2. The van der Waals surface area contributed by atoms with Crippen molar-refractivity contribution in [2.45, 2.75) is 10.1 Å². The lowest BCUT2D eigenvalue weighted by molar-refractivity contribution is 1.10. The van der Waals surface area contributed by atoms with Gasteiger partial charge in [0.15, 0.2) is 0 Å². The summed E-state index contributed by atoms with van der Waals surface area (Å²) in [6.07, 6.45) is 3.32. The van der Waals surface area contributed by atoms with E-state index in [-0.39, 0.29) is 0 Å². The van der Waals surface area contributed by atoms with E-state index in [1.165, 1.54) is 11.8 Å². The van der Waals surface area contributed by atoms with Gasteiger partial charge in [0.25, 0.3) is 0 Å². The van der Waals surface area contributed by atoms with Crippen LogP contribution >= 0.6 is 11.8 Å². The molecule has 0 radical (unpaired) electrons. The van der Waals surface area contributed by atoms with Gasteiger partial charge in [0.05, 0.1) is 17.6 Å². The van der Waals surface area contributed by atoms with E-state index in [0.29, 0.717) is 11.4 Å². The molecule has 0 fully saturated rings. The molecule has 4 N–H and O–H groups in total. The van der Waals surface area contributed by atoms with Crippen molar-refractivity contribution in [1.29, 1.82) is 0 Å². The van der Waals surface area contributed by atoms with E-state index in [4.69, 9.17) is 11.5 Å². The number of anilines is 2. The molecule has 15 heavy (non-hydrogen) atoms. The molecule has 2 aromatic heterocycles. The molecule has 0 aliphatic heterocycles. The summed E-state index contributed by atoms with van der Waals surface area (Å²) in [5.74, 6) is 0. The van der Waals surface area contributed by atoms with Gasteiger partial charge < -0.3 is 11.5 Å². The van der Waals surface area contributed by atoms with Crippen LogP contribution in [0.4, 0.5) is 11.4 Å². The summed E-state index contributed by atoms with van der Waals surface area (Å²) in [4.78, 5) is 8.32. The normalized spacial score (nSPS) is 10.1. The first-order valence-corrected chi connectivity index (χ1v) is 5.17. The molecular weight excluding hydrogens is 208 g/mol. The van der Waals surface area contributed by atoms with Crippen molar-refractivity contribution < 1.29 is 0 Å². The standard InChI is InChI=1S/C10H10N4S/c11-7-3-4-9(14-6-7)15-10-8(12)2-1-5-13-10/h1-6H,11-12H2. The Labute approximate surface area is 91.7 Å². The summed E-state index contributed by atoms with van der Waals surface area (Å²) < 4.78 is 0. The van der Waals surface area contributed by atoms with Gasteiger partial charge in [-0.2, -0.15) is 0 Å². The van der Waals surface area contributed by atoms with Crippen molar-refractivity contribution in [1.82, 2.24) is 9.97 Å². The highest BCUT2D eigenvalue weighted by Crippen LogP contribution is 2.28. The summed E-state index contributed by atoms with van der Waals surface area (Å²) in [5.41, 5.74) is 12.6. The van der Waals surface area contributed by atoms with Crippen molar-refractivity contribution in [3.63, 3.8) is 0 Å². The summed E-state index contributed by atoms with van der Waals surface area (Å²) in [5, 5.41) is 1.59. The summed E-state index contributed by atoms with van der Waals surface area (Å²) >= 11 is 1.42. The van der Waals surface area contributed by atoms with E-state index in [1.807, 2.05) is 12.1 Å². The summed E-state index contributed by atoms with van der Waals surface area (Å²) in [6.45, 7) is 0. The van der Waals surface area contributed by atoms with Gasteiger partial charge in [-0.3, -0.25) is 0 Å². The number of nitrogens with zero attached hydrogens (tertiary/aromatic N) is 2. The summed E-state index contributed by atoms with van der Waals surface area (Å²) in [6, 6.07) is 7.25. The van der Waals surface area contributed by atoms with Crippen LogP contribution in [-0.2, 0) is 0 Å². The second kappa shape index (κ2) is 4.18. The van der Waals surface area contributed by atoms with Crippen molar-refractivity contribution in [2.75, 3.05) is 11.5 Å². The van der Waals surface area contributed by atoms with Gasteiger partial charge in [0, 0.05) is 6.20 Å². The Morgan fingerprint density at radius 3 is 2.60 bits per heavy atom. The summed E-state index contributed by atoms with van der Waals surface area (Å²) in [7, 11) is 0. The van der Waals surface area contributed by atoms with E-state index in [0.717, 1.165) is 10.1 Å². The molecular formula is C10H10N4S. The van der Waals surface area contributed by atoms with Crippen molar-refractivity contribution in [3.8, 4) is 0 Å². The Morgan fingerprint density at radius 2 is 1.93 bits per heavy atom. The minimum Gasteiger partial charge on any atom is -0.397 e.